The minimum atomic E-state index is -0.222. The molecule has 2 rings (SSSR count). The fraction of sp³-hybridized carbons (Fsp3) is 0.476. The molecule has 0 aliphatic heterocycles. The standard InChI is InChI=1S/C21H29N3O2S/c1-5-7-13-24(14-19(25)23-21-22-15(3)16(4)27-21)20(26)18(6-2)17-11-9-8-10-12-17/h8-12,18H,5-7,13-14H2,1-4H3,(H,22,23,25). The molecule has 1 N–H and O–H groups in total. The van der Waals surface area contributed by atoms with E-state index in [2.05, 4.69) is 17.2 Å². The molecular weight excluding hydrogens is 358 g/mol. The highest BCUT2D eigenvalue weighted by Gasteiger charge is 2.26. The first-order chi connectivity index (χ1) is 13.0. The van der Waals surface area contributed by atoms with Crippen LogP contribution in [-0.4, -0.2) is 34.8 Å². The number of aryl methyl sites for hydroxylation is 2. The number of unbranched alkanes of at least 4 members (excludes halogenated alkanes) is 1. The molecule has 27 heavy (non-hydrogen) atoms. The van der Waals surface area contributed by atoms with Gasteiger partial charge < -0.3 is 10.2 Å². The Kier molecular flexibility index (Phi) is 7.98. The zero-order valence-corrected chi connectivity index (χ0v) is 17.4. The lowest BCUT2D eigenvalue weighted by Crippen LogP contribution is -2.41. The number of carbonyl (C=O) groups is 2. The molecule has 0 aliphatic carbocycles. The van der Waals surface area contributed by atoms with E-state index in [1.54, 1.807) is 4.90 Å². The first-order valence-electron chi connectivity index (χ1n) is 9.53. The summed E-state index contributed by atoms with van der Waals surface area (Å²) in [5.41, 5.74) is 1.92. The fourth-order valence-corrected chi connectivity index (χ4v) is 3.76. The summed E-state index contributed by atoms with van der Waals surface area (Å²) in [7, 11) is 0. The van der Waals surface area contributed by atoms with E-state index >= 15 is 0 Å². The lowest BCUT2D eigenvalue weighted by Gasteiger charge is -2.26. The van der Waals surface area contributed by atoms with Gasteiger partial charge in [0.05, 0.1) is 18.2 Å². The van der Waals surface area contributed by atoms with Crippen LogP contribution < -0.4 is 5.32 Å². The van der Waals surface area contributed by atoms with Crippen molar-refractivity contribution in [3.8, 4) is 0 Å². The molecular formula is C21H29N3O2S. The van der Waals surface area contributed by atoms with Gasteiger partial charge in [-0.2, -0.15) is 0 Å². The summed E-state index contributed by atoms with van der Waals surface area (Å²) in [4.78, 5) is 32.8. The van der Waals surface area contributed by atoms with Gasteiger partial charge in [0.1, 0.15) is 0 Å². The number of amides is 2. The van der Waals surface area contributed by atoms with Gasteiger partial charge >= 0.3 is 0 Å². The zero-order chi connectivity index (χ0) is 19.8. The minimum Gasteiger partial charge on any atom is -0.333 e. The van der Waals surface area contributed by atoms with Crippen molar-refractivity contribution in [1.82, 2.24) is 9.88 Å². The minimum absolute atomic E-state index is 0.0128. The third kappa shape index (κ3) is 5.89. The van der Waals surface area contributed by atoms with Crippen LogP contribution in [0.15, 0.2) is 30.3 Å². The molecule has 0 fully saturated rings. The first kappa shape index (κ1) is 21.1. The molecule has 1 aromatic carbocycles. The Bertz CT molecular complexity index is 739. The van der Waals surface area contributed by atoms with Crippen molar-refractivity contribution in [2.45, 2.75) is 52.9 Å². The second-order valence-electron chi connectivity index (χ2n) is 6.69. The Morgan fingerprint density at radius 2 is 1.89 bits per heavy atom. The molecule has 0 saturated heterocycles. The summed E-state index contributed by atoms with van der Waals surface area (Å²) in [5, 5.41) is 3.43. The molecule has 2 aromatic rings. The summed E-state index contributed by atoms with van der Waals surface area (Å²) < 4.78 is 0. The number of aromatic nitrogens is 1. The van der Waals surface area contributed by atoms with E-state index in [9.17, 15) is 9.59 Å². The van der Waals surface area contributed by atoms with Crippen LogP contribution in [0.3, 0.4) is 0 Å². The average molecular weight is 388 g/mol. The van der Waals surface area contributed by atoms with Crippen LogP contribution in [0.5, 0.6) is 0 Å². The molecule has 0 spiro atoms. The SMILES string of the molecule is CCCCN(CC(=O)Nc1nc(C)c(C)s1)C(=O)C(CC)c1ccccc1. The van der Waals surface area contributed by atoms with Gasteiger partial charge in [-0.3, -0.25) is 9.59 Å². The number of carbonyl (C=O) groups excluding carboxylic acids is 2. The van der Waals surface area contributed by atoms with E-state index < -0.39 is 0 Å². The molecule has 5 nitrogen and oxygen atoms in total. The summed E-state index contributed by atoms with van der Waals surface area (Å²) in [6.07, 6.45) is 2.55. The Balaban J connectivity index is 2.10. The summed E-state index contributed by atoms with van der Waals surface area (Å²) >= 11 is 1.46. The Hall–Kier alpha value is -2.21. The van der Waals surface area contributed by atoms with Crippen LogP contribution in [0, 0.1) is 13.8 Å². The normalized spacial score (nSPS) is 11.9. The van der Waals surface area contributed by atoms with Crippen molar-refractivity contribution in [1.29, 1.82) is 0 Å². The lowest BCUT2D eigenvalue weighted by atomic mass is 9.95. The van der Waals surface area contributed by atoms with Gasteiger partial charge in [-0.1, -0.05) is 50.6 Å². The fourth-order valence-electron chi connectivity index (χ4n) is 2.93. The van der Waals surface area contributed by atoms with E-state index in [1.165, 1.54) is 11.3 Å². The first-order valence-corrected chi connectivity index (χ1v) is 10.4. The van der Waals surface area contributed by atoms with Crippen molar-refractivity contribution in [2.24, 2.45) is 0 Å². The molecule has 1 unspecified atom stereocenters. The van der Waals surface area contributed by atoms with Gasteiger partial charge in [-0.05, 0) is 32.3 Å². The van der Waals surface area contributed by atoms with E-state index in [4.69, 9.17) is 0 Å². The Morgan fingerprint density at radius 3 is 2.44 bits per heavy atom. The molecule has 1 heterocycles. The number of nitrogens with one attached hydrogen (secondary N) is 1. The topological polar surface area (TPSA) is 62.3 Å². The van der Waals surface area contributed by atoms with E-state index in [0.717, 1.165) is 29.0 Å². The number of benzene rings is 1. The number of rotatable bonds is 9. The van der Waals surface area contributed by atoms with Crippen LogP contribution in [0.4, 0.5) is 5.13 Å². The molecule has 0 bridgehead atoms. The van der Waals surface area contributed by atoms with Crippen molar-refractivity contribution < 1.29 is 9.59 Å². The third-order valence-corrected chi connectivity index (χ3v) is 5.60. The second kappa shape index (κ2) is 10.2. The van der Waals surface area contributed by atoms with Gasteiger partial charge in [0.15, 0.2) is 5.13 Å². The van der Waals surface area contributed by atoms with Gasteiger partial charge in [0.2, 0.25) is 11.8 Å². The van der Waals surface area contributed by atoms with Gasteiger partial charge in [-0.15, -0.1) is 11.3 Å². The molecule has 0 saturated carbocycles. The van der Waals surface area contributed by atoms with E-state index in [1.807, 2.05) is 51.1 Å². The predicted molar refractivity (Wildman–Crippen MR) is 111 cm³/mol. The molecule has 2 amide bonds. The van der Waals surface area contributed by atoms with E-state index in [0.29, 0.717) is 18.1 Å². The molecule has 0 radical (unpaired) electrons. The third-order valence-electron chi connectivity index (χ3n) is 4.61. The molecule has 1 aromatic heterocycles. The highest BCUT2D eigenvalue weighted by molar-refractivity contribution is 7.15. The monoisotopic (exact) mass is 387 g/mol. The zero-order valence-electron chi connectivity index (χ0n) is 16.6. The van der Waals surface area contributed by atoms with E-state index in [-0.39, 0.29) is 24.3 Å². The van der Waals surface area contributed by atoms with Gasteiger partial charge in [-0.25, -0.2) is 4.98 Å². The summed E-state index contributed by atoms with van der Waals surface area (Å²) in [6, 6.07) is 9.79. The Morgan fingerprint density at radius 1 is 1.19 bits per heavy atom. The van der Waals surface area contributed by atoms with Crippen molar-refractivity contribution >= 4 is 28.3 Å². The maximum Gasteiger partial charge on any atom is 0.245 e. The van der Waals surface area contributed by atoms with Gasteiger partial charge in [0.25, 0.3) is 0 Å². The largest absolute Gasteiger partial charge is 0.333 e. The van der Waals surface area contributed by atoms with Gasteiger partial charge in [0, 0.05) is 11.4 Å². The second-order valence-corrected chi connectivity index (χ2v) is 7.90. The highest BCUT2D eigenvalue weighted by atomic mass is 32.1. The molecule has 146 valence electrons. The average Bonchev–Trinajstić information content (AvgIpc) is 2.97. The van der Waals surface area contributed by atoms with Crippen LogP contribution in [0.25, 0.3) is 0 Å². The van der Waals surface area contributed by atoms with Crippen molar-refractivity contribution in [3.05, 3.63) is 46.5 Å². The quantitative estimate of drug-likeness (QED) is 0.688. The molecule has 6 heteroatoms. The smallest absolute Gasteiger partial charge is 0.245 e. The van der Waals surface area contributed by atoms with Crippen molar-refractivity contribution in [2.75, 3.05) is 18.4 Å². The number of hydrogen-bond acceptors (Lipinski definition) is 4. The molecule has 1 atom stereocenters. The van der Waals surface area contributed by atoms with Crippen molar-refractivity contribution in [3.63, 3.8) is 0 Å². The number of thiazole rings is 1. The number of hydrogen-bond donors (Lipinski definition) is 1. The lowest BCUT2D eigenvalue weighted by molar-refractivity contribution is -0.136. The maximum atomic E-state index is 13.2. The van der Waals surface area contributed by atoms with Crippen LogP contribution in [0.1, 0.15) is 55.2 Å². The highest BCUT2D eigenvalue weighted by Crippen LogP contribution is 2.23. The number of anilines is 1. The molecule has 0 aliphatic rings. The predicted octanol–water partition coefficient (Wildman–Crippen LogP) is 4.52. The summed E-state index contributed by atoms with van der Waals surface area (Å²) in [5.74, 6) is -0.407. The summed E-state index contributed by atoms with van der Waals surface area (Å²) in [6.45, 7) is 8.63. The van der Waals surface area contributed by atoms with Crippen LogP contribution >= 0.6 is 11.3 Å². The van der Waals surface area contributed by atoms with Crippen LogP contribution in [0.2, 0.25) is 0 Å². The number of nitrogens with zero attached hydrogens (tertiary/aromatic N) is 2. The Labute approximate surface area is 165 Å². The van der Waals surface area contributed by atoms with Crippen LogP contribution in [-0.2, 0) is 9.59 Å². The maximum absolute atomic E-state index is 13.2.